The molecule has 0 saturated carbocycles. The zero-order valence-electron chi connectivity index (χ0n) is 17.0. The highest BCUT2D eigenvalue weighted by Crippen LogP contribution is 2.26. The van der Waals surface area contributed by atoms with Gasteiger partial charge in [0.2, 0.25) is 0 Å². The number of carbonyl (C=O) groups excluding carboxylic acids is 1. The first-order valence-corrected chi connectivity index (χ1v) is 9.37. The number of benzene rings is 2. The topological polar surface area (TPSA) is 35.5 Å². The Kier molecular flexibility index (Phi) is 8.17. The monoisotopic (exact) mass is 424 g/mol. The number of alkyl halides is 4. The van der Waals surface area contributed by atoms with Crippen LogP contribution in [0.25, 0.3) is 6.08 Å². The zero-order valence-corrected chi connectivity index (χ0v) is 17.0. The molecule has 7 heteroatoms. The largest absolute Gasteiger partial charge is 0.496 e. The van der Waals surface area contributed by atoms with Crippen LogP contribution >= 0.6 is 0 Å². The van der Waals surface area contributed by atoms with Crippen LogP contribution in [0.4, 0.5) is 17.6 Å². The first kappa shape index (κ1) is 23.6. The molecule has 0 bridgehead atoms. The van der Waals surface area contributed by atoms with Crippen molar-refractivity contribution in [3.05, 3.63) is 70.8 Å². The molecular weight excluding hydrogens is 400 g/mol. The van der Waals surface area contributed by atoms with Crippen LogP contribution in [0.2, 0.25) is 0 Å². The zero-order chi connectivity index (χ0) is 22.3. The molecule has 0 fully saturated rings. The molecule has 3 nitrogen and oxygen atoms in total. The fourth-order valence-electron chi connectivity index (χ4n) is 2.68. The number of hydrogen-bond donors (Lipinski definition) is 0. The molecule has 0 aromatic heterocycles. The molecule has 0 spiro atoms. The Morgan fingerprint density at radius 1 is 1.10 bits per heavy atom. The molecule has 0 aliphatic carbocycles. The smallest absolute Gasteiger partial charge is 0.330 e. The maximum Gasteiger partial charge on any atom is 0.330 e. The van der Waals surface area contributed by atoms with Gasteiger partial charge in [-0.1, -0.05) is 50.3 Å². The minimum atomic E-state index is -4.22. The molecule has 0 unspecified atom stereocenters. The van der Waals surface area contributed by atoms with Gasteiger partial charge in [-0.2, -0.15) is 8.78 Å². The first-order chi connectivity index (χ1) is 14.1. The van der Waals surface area contributed by atoms with Crippen LogP contribution in [0.3, 0.4) is 0 Å². The first-order valence-electron chi connectivity index (χ1n) is 9.37. The van der Waals surface area contributed by atoms with Crippen LogP contribution in [0.1, 0.15) is 46.8 Å². The van der Waals surface area contributed by atoms with Crippen molar-refractivity contribution in [1.29, 1.82) is 0 Å². The summed E-state index contributed by atoms with van der Waals surface area (Å²) in [5.74, 6) is -3.67. The highest BCUT2D eigenvalue weighted by atomic mass is 19.3. The van der Waals surface area contributed by atoms with Crippen LogP contribution in [0.5, 0.6) is 5.75 Å². The second-order valence-corrected chi connectivity index (χ2v) is 7.10. The van der Waals surface area contributed by atoms with Crippen molar-refractivity contribution in [3.63, 3.8) is 0 Å². The van der Waals surface area contributed by atoms with Gasteiger partial charge in [0.25, 0.3) is 0 Å². The molecule has 0 aliphatic rings. The van der Waals surface area contributed by atoms with Crippen LogP contribution in [-0.4, -0.2) is 31.8 Å². The summed E-state index contributed by atoms with van der Waals surface area (Å²) in [6.45, 7) is 2.39. The standard InChI is InChI=1S/C23H24F4O3/c1-15(2)17-6-8-18(9-7-17)20(28)10-4-16-5-11-21(29-3)19(12-16)13-30-14-23(26,27)22(24)25/h4-12,15,22H,13-14H2,1-3H3/b10-4+. The summed E-state index contributed by atoms with van der Waals surface area (Å²) in [5.41, 5.74) is 2.69. The Labute approximate surface area is 173 Å². The lowest BCUT2D eigenvalue weighted by Crippen LogP contribution is -2.32. The summed E-state index contributed by atoms with van der Waals surface area (Å²) in [7, 11) is 1.40. The summed E-state index contributed by atoms with van der Waals surface area (Å²) < 4.78 is 60.4. The quantitative estimate of drug-likeness (QED) is 0.261. The average molecular weight is 424 g/mol. The van der Waals surface area contributed by atoms with E-state index in [0.29, 0.717) is 28.4 Å². The highest BCUT2D eigenvalue weighted by Gasteiger charge is 2.40. The van der Waals surface area contributed by atoms with E-state index < -0.39 is 19.0 Å². The van der Waals surface area contributed by atoms with Gasteiger partial charge in [0.1, 0.15) is 12.4 Å². The van der Waals surface area contributed by atoms with E-state index in [0.717, 1.165) is 5.56 Å². The summed E-state index contributed by atoms with van der Waals surface area (Å²) in [5, 5.41) is 0. The Bertz CT molecular complexity index is 875. The molecule has 30 heavy (non-hydrogen) atoms. The lowest BCUT2D eigenvalue weighted by molar-refractivity contribution is -0.168. The van der Waals surface area contributed by atoms with Crippen LogP contribution in [-0.2, 0) is 11.3 Å². The normalized spacial score (nSPS) is 12.2. The van der Waals surface area contributed by atoms with Crippen molar-refractivity contribution in [2.45, 2.75) is 38.7 Å². The molecule has 0 atom stereocenters. The Balaban J connectivity index is 2.08. The van der Waals surface area contributed by atoms with Crippen molar-refractivity contribution in [2.24, 2.45) is 0 Å². The average Bonchev–Trinajstić information content (AvgIpc) is 2.72. The van der Waals surface area contributed by atoms with Gasteiger partial charge in [-0.3, -0.25) is 4.79 Å². The van der Waals surface area contributed by atoms with Gasteiger partial charge in [0.15, 0.2) is 5.78 Å². The maximum atomic E-state index is 13.0. The number of methoxy groups -OCH3 is 1. The van der Waals surface area contributed by atoms with Gasteiger partial charge in [0, 0.05) is 11.1 Å². The fourth-order valence-corrected chi connectivity index (χ4v) is 2.68. The van der Waals surface area contributed by atoms with E-state index in [4.69, 9.17) is 9.47 Å². The second kappa shape index (κ2) is 10.4. The van der Waals surface area contributed by atoms with Gasteiger partial charge in [-0.05, 0) is 35.3 Å². The van der Waals surface area contributed by atoms with E-state index in [1.165, 1.54) is 13.2 Å². The number of ketones is 1. The van der Waals surface area contributed by atoms with Gasteiger partial charge >= 0.3 is 12.3 Å². The Morgan fingerprint density at radius 3 is 2.33 bits per heavy atom. The molecule has 0 N–H and O–H groups in total. The van der Waals surface area contributed by atoms with E-state index in [1.54, 1.807) is 36.4 Å². The van der Waals surface area contributed by atoms with Crippen LogP contribution in [0, 0.1) is 0 Å². The highest BCUT2D eigenvalue weighted by molar-refractivity contribution is 6.06. The van der Waals surface area contributed by atoms with Gasteiger partial charge < -0.3 is 9.47 Å². The van der Waals surface area contributed by atoms with Crippen molar-refractivity contribution in [2.75, 3.05) is 13.7 Å². The van der Waals surface area contributed by atoms with Crippen molar-refractivity contribution < 1.29 is 31.8 Å². The van der Waals surface area contributed by atoms with Gasteiger partial charge in [0.05, 0.1) is 13.7 Å². The molecule has 0 aliphatic heterocycles. The summed E-state index contributed by atoms with van der Waals surface area (Å²) in [6, 6.07) is 12.2. The maximum absolute atomic E-state index is 13.0. The third kappa shape index (κ3) is 6.42. The lowest BCUT2D eigenvalue weighted by Gasteiger charge is -2.16. The molecule has 2 aromatic carbocycles. The molecule has 2 aromatic rings. The molecule has 0 amide bonds. The fraction of sp³-hybridized carbons (Fsp3) is 0.348. The summed E-state index contributed by atoms with van der Waals surface area (Å²) in [6.07, 6.45) is -0.814. The molecule has 2 rings (SSSR count). The second-order valence-electron chi connectivity index (χ2n) is 7.10. The van der Waals surface area contributed by atoms with Crippen LogP contribution in [0.15, 0.2) is 48.5 Å². The summed E-state index contributed by atoms with van der Waals surface area (Å²) in [4.78, 5) is 12.4. The molecule has 162 valence electrons. The third-order valence-corrected chi connectivity index (χ3v) is 4.46. The number of hydrogen-bond acceptors (Lipinski definition) is 3. The van der Waals surface area contributed by atoms with E-state index in [-0.39, 0.29) is 12.4 Å². The Morgan fingerprint density at radius 2 is 1.77 bits per heavy atom. The van der Waals surface area contributed by atoms with Crippen molar-refractivity contribution in [3.8, 4) is 5.75 Å². The van der Waals surface area contributed by atoms with E-state index in [9.17, 15) is 22.4 Å². The molecule has 0 radical (unpaired) electrons. The van der Waals surface area contributed by atoms with E-state index in [1.807, 2.05) is 12.1 Å². The van der Waals surface area contributed by atoms with Gasteiger partial charge in [-0.25, -0.2) is 8.78 Å². The van der Waals surface area contributed by atoms with Gasteiger partial charge in [-0.15, -0.1) is 0 Å². The predicted molar refractivity (Wildman–Crippen MR) is 107 cm³/mol. The minimum Gasteiger partial charge on any atom is -0.496 e. The van der Waals surface area contributed by atoms with Crippen LogP contribution < -0.4 is 4.74 Å². The predicted octanol–water partition coefficient (Wildman–Crippen LogP) is 6.13. The Hall–Kier alpha value is -2.67. The third-order valence-electron chi connectivity index (χ3n) is 4.46. The van der Waals surface area contributed by atoms with Crippen molar-refractivity contribution in [1.82, 2.24) is 0 Å². The minimum absolute atomic E-state index is 0.185. The molecule has 0 saturated heterocycles. The lowest BCUT2D eigenvalue weighted by atomic mass is 10.00. The number of rotatable bonds is 10. The van der Waals surface area contributed by atoms with E-state index in [2.05, 4.69) is 13.8 Å². The number of carbonyl (C=O) groups is 1. The number of halogens is 4. The van der Waals surface area contributed by atoms with E-state index >= 15 is 0 Å². The number of allylic oxidation sites excluding steroid dienone is 1. The molecular formula is C23H24F4O3. The van der Waals surface area contributed by atoms with Crippen molar-refractivity contribution >= 4 is 11.9 Å². The molecule has 0 heterocycles. The number of ether oxygens (including phenoxy) is 2. The summed E-state index contributed by atoms with van der Waals surface area (Å²) >= 11 is 0. The SMILES string of the molecule is COc1ccc(/C=C/C(=O)c2ccc(C(C)C)cc2)cc1COCC(F)(F)C(F)F.